The highest BCUT2D eigenvalue weighted by Crippen LogP contribution is 2.32. The van der Waals surface area contributed by atoms with E-state index in [-0.39, 0.29) is 17.8 Å². The van der Waals surface area contributed by atoms with Gasteiger partial charge in [0.15, 0.2) is 11.9 Å². The molecule has 140 valence electrons. The maximum atomic E-state index is 13.1. The van der Waals surface area contributed by atoms with Gasteiger partial charge in [-0.1, -0.05) is 35.9 Å². The summed E-state index contributed by atoms with van der Waals surface area (Å²) in [6.07, 6.45) is -0.931. The monoisotopic (exact) mass is 366 g/mol. The molecule has 0 bridgehead atoms. The van der Waals surface area contributed by atoms with Crippen LogP contribution in [-0.2, 0) is 9.53 Å². The molecule has 0 unspecified atom stereocenters. The van der Waals surface area contributed by atoms with Gasteiger partial charge in [0.1, 0.15) is 5.58 Å². The molecule has 0 saturated carbocycles. The molecule has 3 aromatic rings. The van der Waals surface area contributed by atoms with Gasteiger partial charge in [0.05, 0.1) is 12.0 Å². The van der Waals surface area contributed by atoms with E-state index in [0.717, 1.165) is 11.1 Å². The van der Waals surface area contributed by atoms with Gasteiger partial charge in [-0.2, -0.15) is 0 Å². The highest BCUT2D eigenvalue weighted by Gasteiger charge is 2.23. The number of benzene rings is 2. The Morgan fingerprint density at radius 2 is 1.74 bits per heavy atom. The van der Waals surface area contributed by atoms with E-state index in [1.807, 2.05) is 50.2 Å². The van der Waals surface area contributed by atoms with Crippen molar-refractivity contribution in [3.05, 3.63) is 63.8 Å². The summed E-state index contributed by atoms with van der Waals surface area (Å²) in [4.78, 5) is 25.1. The van der Waals surface area contributed by atoms with Gasteiger partial charge in [0, 0.05) is 5.56 Å². The molecule has 1 heterocycles. The van der Waals surface area contributed by atoms with Gasteiger partial charge in [-0.3, -0.25) is 4.79 Å². The van der Waals surface area contributed by atoms with Crippen LogP contribution < -0.4 is 10.2 Å². The molecule has 0 N–H and O–H groups in total. The van der Waals surface area contributed by atoms with Crippen LogP contribution in [0.3, 0.4) is 0 Å². The average molecular weight is 366 g/mol. The topological polar surface area (TPSA) is 65.7 Å². The van der Waals surface area contributed by atoms with Gasteiger partial charge in [-0.25, -0.2) is 4.79 Å². The summed E-state index contributed by atoms with van der Waals surface area (Å²) in [5, 5.41) is 0.405. The van der Waals surface area contributed by atoms with Crippen molar-refractivity contribution in [3.8, 4) is 17.1 Å². The van der Waals surface area contributed by atoms with Crippen molar-refractivity contribution in [3.63, 3.8) is 0 Å². The number of carbonyl (C=O) groups excluding carboxylic acids is 1. The summed E-state index contributed by atoms with van der Waals surface area (Å²) in [6.45, 7) is 7.41. The van der Waals surface area contributed by atoms with Crippen molar-refractivity contribution < 1.29 is 18.7 Å². The Morgan fingerprint density at radius 1 is 1.07 bits per heavy atom. The molecular formula is C22H22O5. The SMILES string of the molecule is CCOC(=O)[C@@H](C)Oc1c(-c2ccc(C)cc2)oc2cc(C)ccc2c1=O. The number of hydrogen-bond acceptors (Lipinski definition) is 5. The van der Waals surface area contributed by atoms with Crippen molar-refractivity contribution >= 4 is 16.9 Å². The van der Waals surface area contributed by atoms with Crippen molar-refractivity contribution in [2.75, 3.05) is 6.61 Å². The van der Waals surface area contributed by atoms with E-state index in [1.54, 1.807) is 19.9 Å². The first-order valence-corrected chi connectivity index (χ1v) is 8.88. The molecule has 5 heteroatoms. The standard InChI is InChI=1S/C22H22O5/c1-5-25-22(24)15(4)26-21-19(23)17-11-8-14(3)12-18(17)27-20(21)16-9-6-13(2)7-10-16/h6-12,15H,5H2,1-4H3/t15-/m1/s1. The Labute approximate surface area is 157 Å². The van der Waals surface area contributed by atoms with E-state index in [9.17, 15) is 9.59 Å². The van der Waals surface area contributed by atoms with Gasteiger partial charge >= 0.3 is 5.97 Å². The molecule has 3 rings (SSSR count). The third-order valence-electron chi connectivity index (χ3n) is 4.23. The Kier molecular flexibility index (Phi) is 5.31. The molecule has 0 fully saturated rings. The van der Waals surface area contributed by atoms with E-state index < -0.39 is 12.1 Å². The molecular weight excluding hydrogens is 344 g/mol. The lowest BCUT2D eigenvalue weighted by atomic mass is 10.1. The molecule has 0 amide bonds. The van der Waals surface area contributed by atoms with E-state index >= 15 is 0 Å². The minimum absolute atomic E-state index is 0.00996. The van der Waals surface area contributed by atoms with Crippen LogP contribution in [0.15, 0.2) is 51.7 Å². The molecule has 0 saturated heterocycles. The van der Waals surface area contributed by atoms with Crippen LogP contribution in [0, 0.1) is 13.8 Å². The maximum Gasteiger partial charge on any atom is 0.347 e. The van der Waals surface area contributed by atoms with Gasteiger partial charge in [0.2, 0.25) is 11.2 Å². The van der Waals surface area contributed by atoms with Gasteiger partial charge in [-0.05, 0) is 45.4 Å². The summed E-state index contributed by atoms with van der Waals surface area (Å²) in [5.74, 6) is -0.222. The van der Waals surface area contributed by atoms with Gasteiger partial charge < -0.3 is 13.9 Å². The molecule has 0 spiro atoms. The van der Waals surface area contributed by atoms with E-state index in [4.69, 9.17) is 13.9 Å². The van der Waals surface area contributed by atoms with Crippen LogP contribution in [0.5, 0.6) is 5.75 Å². The zero-order valence-corrected chi connectivity index (χ0v) is 15.9. The highest BCUT2D eigenvalue weighted by molar-refractivity contribution is 5.83. The first kappa shape index (κ1) is 18.7. The lowest BCUT2D eigenvalue weighted by Crippen LogP contribution is -2.28. The molecule has 0 aliphatic rings. The molecule has 0 radical (unpaired) electrons. The average Bonchev–Trinajstić information content (AvgIpc) is 2.64. The Morgan fingerprint density at radius 3 is 2.41 bits per heavy atom. The normalized spacial score (nSPS) is 12.0. The van der Waals surface area contributed by atoms with Crippen molar-refractivity contribution in [2.24, 2.45) is 0 Å². The second-order valence-corrected chi connectivity index (χ2v) is 6.47. The predicted octanol–water partition coefficient (Wildman–Crippen LogP) is 4.41. The summed E-state index contributed by atoms with van der Waals surface area (Å²) >= 11 is 0. The van der Waals surface area contributed by atoms with Crippen LogP contribution in [0.2, 0.25) is 0 Å². The fourth-order valence-corrected chi connectivity index (χ4v) is 2.77. The van der Waals surface area contributed by atoms with Gasteiger partial charge in [-0.15, -0.1) is 0 Å². The van der Waals surface area contributed by atoms with E-state index in [1.165, 1.54) is 0 Å². The van der Waals surface area contributed by atoms with Crippen LogP contribution in [-0.4, -0.2) is 18.7 Å². The fourth-order valence-electron chi connectivity index (χ4n) is 2.77. The quantitative estimate of drug-likeness (QED) is 0.626. The Hall–Kier alpha value is -3.08. The second kappa shape index (κ2) is 7.66. The van der Waals surface area contributed by atoms with Crippen molar-refractivity contribution in [1.29, 1.82) is 0 Å². The lowest BCUT2D eigenvalue weighted by Gasteiger charge is -2.16. The highest BCUT2D eigenvalue weighted by atomic mass is 16.6. The molecule has 5 nitrogen and oxygen atoms in total. The zero-order chi connectivity index (χ0) is 19.6. The van der Waals surface area contributed by atoms with Gasteiger partial charge in [0.25, 0.3) is 0 Å². The molecule has 27 heavy (non-hydrogen) atoms. The second-order valence-electron chi connectivity index (χ2n) is 6.47. The van der Waals surface area contributed by atoms with E-state index in [0.29, 0.717) is 22.3 Å². The summed E-state index contributed by atoms with van der Waals surface area (Å²) in [5.41, 5.74) is 2.93. The third-order valence-corrected chi connectivity index (χ3v) is 4.23. The Balaban J connectivity index is 2.19. The molecule has 1 atom stereocenters. The number of fused-ring (bicyclic) bond motifs is 1. The molecule has 0 aliphatic heterocycles. The number of rotatable bonds is 5. The summed E-state index contributed by atoms with van der Waals surface area (Å²) in [6, 6.07) is 12.9. The van der Waals surface area contributed by atoms with Crippen LogP contribution >= 0.6 is 0 Å². The summed E-state index contributed by atoms with van der Waals surface area (Å²) in [7, 11) is 0. The zero-order valence-electron chi connectivity index (χ0n) is 15.9. The number of hydrogen-bond donors (Lipinski definition) is 0. The Bertz CT molecular complexity index is 1030. The minimum atomic E-state index is -0.931. The minimum Gasteiger partial charge on any atom is -0.471 e. The first-order chi connectivity index (χ1) is 12.9. The van der Waals surface area contributed by atoms with Crippen LogP contribution in [0.4, 0.5) is 0 Å². The third kappa shape index (κ3) is 3.87. The lowest BCUT2D eigenvalue weighted by molar-refractivity contribution is -0.150. The largest absolute Gasteiger partial charge is 0.471 e. The first-order valence-electron chi connectivity index (χ1n) is 8.88. The number of esters is 1. The molecule has 2 aromatic carbocycles. The van der Waals surface area contributed by atoms with E-state index in [2.05, 4.69) is 0 Å². The maximum absolute atomic E-state index is 13.1. The van der Waals surface area contributed by atoms with Crippen molar-refractivity contribution in [1.82, 2.24) is 0 Å². The number of aryl methyl sites for hydroxylation is 2. The summed E-state index contributed by atoms with van der Waals surface area (Å²) < 4.78 is 16.8. The molecule has 1 aromatic heterocycles. The number of carbonyl (C=O) groups is 1. The predicted molar refractivity (Wildman–Crippen MR) is 104 cm³/mol. The smallest absolute Gasteiger partial charge is 0.347 e. The number of ether oxygens (including phenoxy) is 2. The van der Waals surface area contributed by atoms with Crippen LogP contribution in [0.25, 0.3) is 22.3 Å². The van der Waals surface area contributed by atoms with Crippen LogP contribution in [0.1, 0.15) is 25.0 Å². The fraction of sp³-hybridized carbons (Fsp3) is 0.273. The van der Waals surface area contributed by atoms with Crippen molar-refractivity contribution in [2.45, 2.75) is 33.8 Å². The molecule has 0 aliphatic carbocycles.